The minimum absolute atomic E-state index is 0.484. The fourth-order valence-corrected chi connectivity index (χ4v) is 1.67. The maximum Gasteiger partial charge on any atom is 0.242 e. The molecule has 0 radical (unpaired) electrons. The largest absolute Gasteiger partial charge is 0.476 e. The Morgan fingerprint density at radius 3 is 2.72 bits per heavy atom. The van der Waals surface area contributed by atoms with Crippen molar-refractivity contribution >= 4 is 11.5 Å². The molecule has 0 bridgehead atoms. The maximum atomic E-state index is 6.05. The van der Waals surface area contributed by atoms with Gasteiger partial charge in [0.1, 0.15) is 12.0 Å². The van der Waals surface area contributed by atoms with Crippen molar-refractivity contribution in [3.05, 3.63) is 6.33 Å². The number of nitrogens with two attached hydrogens (primary N) is 1. The van der Waals surface area contributed by atoms with Gasteiger partial charge in [0.2, 0.25) is 5.88 Å². The summed E-state index contributed by atoms with van der Waals surface area (Å²) >= 11 is 0. The summed E-state index contributed by atoms with van der Waals surface area (Å²) in [6, 6.07) is 0. The number of hydrogen-bond acceptors (Lipinski definition) is 5. The molecule has 1 aromatic rings. The molecule has 0 spiro atoms. The molecule has 102 valence electrons. The van der Waals surface area contributed by atoms with E-state index in [2.05, 4.69) is 28.7 Å². The lowest BCUT2D eigenvalue weighted by molar-refractivity contribution is 0.306. The maximum absolute atomic E-state index is 6.05. The van der Waals surface area contributed by atoms with Gasteiger partial charge in [-0.3, -0.25) is 0 Å². The molecule has 0 fully saturated rings. The Morgan fingerprint density at radius 1 is 1.39 bits per heavy atom. The molecule has 18 heavy (non-hydrogen) atoms. The molecule has 2 N–H and O–H groups in total. The van der Waals surface area contributed by atoms with Crippen molar-refractivity contribution in [1.82, 2.24) is 9.97 Å². The van der Waals surface area contributed by atoms with E-state index in [-0.39, 0.29) is 0 Å². The molecule has 0 saturated carbocycles. The van der Waals surface area contributed by atoms with Crippen molar-refractivity contribution in [2.24, 2.45) is 5.92 Å². The van der Waals surface area contributed by atoms with Crippen LogP contribution in [0, 0.1) is 5.92 Å². The molecule has 1 atom stereocenters. The number of nitrogen functional groups attached to an aromatic ring is 1. The summed E-state index contributed by atoms with van der Waals surface area (Å²) in [6.07, 6.45) is 3.57. The van der Waals surface area contributed by atoms with Gasteiger partial charge in [-0.25, -0.2) is 4.98 Å². The van der Waals surface area contributed by atoms with Gasteiger partial charge in [-0.05, 0) is 12.3 Å². The lowest BCUT2D eigenvalue weighted by atomic mass is 10.1. The summed E-state index contributed by atoms with van der Waals surface area (Å²) in [5, 5.41) is 0. The zero-order valence-corrected chi connectivity index (χ0v) is 11.8. The summed E-state index contributed by atoms with van der Waals surface area (Å²) in [4.78, 5) is 10.4. The van der Waals surface area contributed by atoms with Gasteiger partial charge in [-0.15, -0.1) is 0 Å². The van der Waals surface area contributed by atoms with Crippen molar-refractivity contribution in [1.29, 1.82) is 0 Å². The molecule has 1 unspecified atom stereocenters. The molecular formula is C13H24N4O. The van der Waals surface area contributed by atoms with E-state index in [1.807, 2.05) is 14.0 Å². The zero-order chi connectivity index (χ0) is 13.5. The first kappa shape index (κ1) is 14.5. The Bertz CT molecular complexity index is 370. The summed E-state index contributed by atoms with van der Waals surface area (Å²) < 4.78 is 5.51. The molecule has 0 saturated heterocycles. The molecule has 5 nitrogen and oxygen atoms in total. The van der Waals surface area contributed by atoms with Crippen molar-refractivity contribution in [2.75, 3.05) is 30.8 Å². The molecule has 0 aliphatic carbocycles. The normalized spacial score (nSPS) is 12.2. The van der Waals surface area contributed by atoms with Crippen LogP contribution in [0.15, 0.2) is 6.33 Å². The minimum atomic E-state index is 0.484. The fraction of sp³-hybridized carbons (Fsp3) is 0.692. The van der Waals surface area contributed by atoms with Gasteiger partial charge >= 0.3 is 0 Å². The van der Waals surface area contributed by atoms with Crippen LogP contribution < -0.4 is 15.4 Å². The van der Waals surface area contributed by atoms with Crippen LogP contribution >= 0.6 is 0 Å². The smallest absolute Gasteiger partial charge is 0.242 e. The Balaban J connectivity index is 2.81. The van der Waals surface area contributed by atoms with E-state index in [4.69, 9.17) is 10.5 Å². The highest BCUT2D eigenvalue weighted by molar-refractivity contribution is 5.67. The first-order valence-electron chi connectivity index (χ1n) is 6.54. The highest BCUT2D eigenvalue weighted by Crippen LogP contribution is 2.27. The number of hydrogen-bond donors (Lipinski definition) is 1. The van der Waals surface area contributed by atoms with Gasteiger partial charge in [-0.1, -0.05) is 27.2 Å². The first-order valence-corrected chi connectivity index (χ1v) is 6.54. The number of aromatic nitrogens is 2. The van der Waals surface area contributed by atoms with Gasteiger partial charge in [0.05, 0.1) is 6.61 Å². The number of ether oxygens (including phenoxy) is 1. The fourth-order valence-electron chi connectivity index (χ4n) is 1.67. The SMILES string of the molecule is CCCOc1ncnc(N(C)CC(C)CC)c1N. The van der Waals surface area contributed by atoms with E-state index in [1.165, 1.54) is 6.33 Å². The summed E-state index contributed by atoms with van der Waals surface area (Å²) in [6.45, 7) is 7.98. The highest BCUT2D eigenvalue weighted by Gasteiger charge is 2.14. The second kappa shape index (κ2) is 7.03. The first-order chi connectivity index (χ1) is 8.60. The molecule has 1 heterocycles. The topological polar surface area (TPSA) is 64.3 Å². The van der Waals surface area contributed by atoms with E-state index in [0.29, 0.717) is 24.1 Å². The summed E-state index contributed by atoms with van der Waals surface area (Å²) in [5.41, 5.74) is 6.58. The molecule has 0 amide bonds. The predicted octanol–water partition coefficient (Wildman–Crippen LogP) is 2.33. The van der Waals surface area contributed by atoms with Crippen molar-refractivity contribution in [2.45, 2.75) is 33.6 Å². The third kappa shape index (κ3) is 3.75. The van der Waals surface area contributed by atoms with Crippen LogP contribution in [0.5, 0.6) is 5.88 Å². The van der Waals surface area contributed by atoms with Crippen molar-refractivity contribution in [3.8, 4) is 5.88 Å². The predicted molar refractivity (Wildman–Crippen MR) is 75.0 cm³/mol. The van der Waals surface area contributed by atoms with Crippen LogP contribution in [0.4, 0.5) is 11.5 Å². The van der Waals surface area contributed by atoms with Gasteiger partial charge < -0.3 is 15.4 Å². The number of rotatable bonds is 7. The second-order valence-corrected chi connectivity index (χ2v) is 4.66. The molecule has 1 aromatic heterocycles. The molecule has 1 rings (SSSR count). The lowest BCUT2D eigenvalue weighted by Gasteiger charge is -2.23. The Morgan fingerprint density at radius 2 is 2.11 bits per heavy atom. The van der Waals surface area contributed by atoms with E-state index < -0.39 is 0 Å². The number of anilines is 2. The summed E-state index contributed by atoms with van der Waals surface area (Å²) in [5.74, 6) is 1.83. The standard InChI is InChI=1S/C13H24N4O/c1-5-7-18-13-11(14)12(15-9-16-13)17(4)8-10(3)6-2/h9-10H,5-8,14H2,1-4H3. The summed E-state index contributed by atoms with van der Waals surface area (Å²) in [7, 11) is 1.99. The molecule has 5 heteroatoms. The lowest BCUT2D eigenvalue weighted by Crippen LogP contribution is -2.25. The zero-order valence-electron chi connectivity index (χ0n) is 11.8. The minimum Gasteiger partial charge on any atom is -0.476 e. The average Bonchev–Trinajstić information content (AvgIpc) is 2.37. The van der Waals surface area contributed by atoms with Crippen LogP contribution in [-0.2, 0) is 0 Å². The van der Waals surface area contributed by atoms with Crippen molar-refractivity contribution < 1.29 is 4.74 Å². The average molecular weight is 252 g/mol. The van der Waals surface area contributed by atoms with Crippen LogP contribution in [-0.4, -0.2) is 30.2 Å². The second-order valence-electron chi connectivity index (χ2n) is 4.66. The van der Waals surface area contributed by atoms with Gasteiger partial charge in [0, 0.05) is 13.6 Å². The van der Waals surface area contributed by atoms with Crippen molar-refractivity contribution in [3.63, 3.8) is 0 Å². The van der Waals surface area contributed by atoms with E-state index in [1.54, 1.807) is 0 Å². The van der Waals surface area contributed by atoms with E-state index in [9.17, 15) is 0 Å². The molecule has 0 aromatic carbocycles. The molecule has 0 aliphatic rings. The number of nitrogens with zero attached hydrogens (tertiary/aromatic N) is 3. The van der Waals surface area contributed by atoms with Crippen LogP contribution in [0.2, 0.25) is 0 Å². The van der Waals surface area contributed by atoms with Gasteiger partial charge in [0.15, 0.2) is 5.82 Å². The van der Waals surface area contributed by atoms with Crippen LogP contribution in [0.1, 0.15) is 33.6 Å². The third-order valence-corrected chi connectivity index (χ3v) is 2.91. The Kier molecular flexibility index (Phi) is 5.68. The molecular weight excluding hydrogens is 228 g/mol. The molecule has 0 aliphatic heterocycles. The van der Waals surface area contributed by atoms with Gasteiger partial charge in [0.25, 0.3) is 0 Å². The quantitative estimate of drug-likeness (QED) is 0.807. The van der Waals surface area contributed by atoms with E-state index in [0.717, 1.165) is 25.2 Å². The Labute approximate surface area is 109 Å². The van der Waals surface area contributed by atoms with Crippen LogP contribution in [0.25, 0.3) is 0 Å². The Hall–Kier alpha value is -1.52. The monoisotopic (exact) mass is 252 g/mol. The van der Waals surface area contributed by atoms with Gasteiger partial charge in [-0.2, -0.15) is 4.98 Å². The van der Waals surface area contributed by atoms with Crippen LogP contribution in [0.3, 0.4) is 0 Å². The van der Waals surface area contributed by atoms with E-state index >= 15 is 0 Å². The third-order valence-electron chi connectivity index (χ3n) is 2.91. The highest BCUT2D eigenvalue weighted by atomic mass is 16.5.